The van der Waals surface area contributed by atoms with E-state index in [0.717, 1.165) is 24.9 Å². The minimum Gasteiger partial charge on any atom is -0.396 e. The fourth-order valence-electron chi connectivity index (χ4n) is 2.83. The van der Waals surface area contributed by atoms with Crippen LogP contribution in [0, 0.1) is 5.41 Å². The van der Waals surface area contributed by atoms with E-state index in [9.17, 15) is 13.9 Å². The van der Waals surface area contributed by atoms with E-state index in [1.807, 2.05) is 6.07 Å². The Labute approximate surface area is 112 Å². The zero-order valence-corrected chi connectivity index (χ0v) is 11.0. The van der Waals surface area contributed by atoms with Gasteiger partial charge in [0.2, 0.25) is 0 Å². The summed E-state index contributed by atoms with van der Waals surface area (Å²) in [5, 5.41) is 12.8. The Hall–Kier alpha value is -1.00. The summed E-state index contributed by atoms with van der Waals surface area (Å²) < 4.78 is 25.2. The lowest BCUT2D eigenvalue weighted by Crippen LogP contribution is -2.34. The first-order valence-corrected chi connectivity index (χ1v) is 6.84. The maximum absolute atomic E-state index is 12.6. The highest BCUT2D eigenvalue weighted by molar-refractivity contribution is 5.24. The molecule has 1 aliphatic carbocycles. The molecule has 0 unspecified atom stereocenters. The van der Waals surface area contributed by atoms with Crippen molar-refractivity contribution < 1.29 is 13.9 Å². The largest absolute Gasteiger partial charge is 0.396 e. The van der Waals surface area contributed by atoms with Crippen LogP contribution in [0.2, 0.25) is 0 Å². The molecule has 2 rings (SSSR count). The van der Waals surface area contributed by atoms with Crippen LogP contribution in [-0.2, 0) is 6.54 Å². The van der Waals surface area contributed by atoms with Crippen LogP contribution in [0.25, 0.3) is 0 Å². The molecule has 19 heavy (non-hydrogen) atoms. The maximum atomic E-state index is 12.6. The third kappa shape index (κ3) is 3.74. The molecule has 2 N–H and O–H groups in total. The minimum absolute atomic E-state index is 0.000322. The van der Waals surface area contributed by atoms with E-state index in [1.54, 1.807) is 6.07 Å². The molecule has 1 fully saturated rings. The molecule has 0 radical (unpaired) electrons. The summed E-state index contributed by atoms with van der Waals surface area (Å²) in [6.45, 7) is 1.53. The van der Waals surface area contributed by atoms with Crippen molar-refractivity contribution in [3.05, 3.63) is 35.4 Å². The van der Waals surface area contributed by atoms with Crippen molar-refractivity contribution >= 4 is 0 Å². The second kappa shape index (κ2) is 6.44. The topological polar surface area (TPSA) is 32.3 Å². The number of rotatable bonds is 6. The molecule has 0 aromatic heterocycles. The van der Waals surface area contributed by atoms with E-state index in [0.29, 0.717) is 6.54 Å². The molecule has 4 heteroatoms. The summed E-state index contributed by atoms with van der Waals surface area (Å²) in [4.78, 5) is 0. The average Bonchev–Trinajstić information content (AvgIpc) is 2.88. The van der Waals surface area contributed by atoms with Crippen molar-refractivity contribution in [1.29, 1.82) is 0 Å². The van der Waals surface area contributed by atoms with Gasteiger partial charge in [-0.2, -0.15) is 0 Å². The van der Waals surface area contributed by atoms with E-state index in [2.05, 4.69) is 5.32 Å². The molecule has 1 aromatic rings. The molecule has 0 amide bonds. The van der Waals surface area contributed by atoms with Gasteiger partial charge in [0.15, 0.2) is 0 Å². The van der Waals surface area contributed by atoms with Gasteiger partial charge in [-0.1, -0.05) is 31.0 Å². The number of aliphatic hydroxyl groups is 1. The van der Waals surface area contributed by atoms with Crippen LogP contribution in [0.3, 0.4) is 0 Å². The predicted molar refractivity (Wildman–Crippen MR) is 71.1 cm³/mol. The fourth-order valence-corrected chi connectivity index (χ4v) is 2.83. The smallest absolute Gasteiger partial charge is 0.263 e. The summed E-state index contributed by atoms with van der Waals surface area (Å²) in [7, 11) is 0. The van der Waals surface area contributed by atoms with Crippen molar-refractivity contribution in [1.82, 2.24) is 5.32 Å². The molecule has 1 saturated carbocycles. The van der Waals surface area contributed by atoms with Crippen molar-refractivity contribution in [3.8, 4) is 0 Å². The molecule has 0 heterocycles. The maximum Gasteiger partial charge on any atom is 0.263 e. The molecule has 0 aliphatic heterocycles. The summed E-state index contributed by atoms with van der Waals surface area (Å²) in [6, 6.07) is 6.49. The molecule has 106 valence electrons. The SMILES string of the molecule is OCC1(CNCc2cccc(C(F)F)c2)CCCC1. The van der Waals surface area contributed by atoms with Crippen LogP contribution in [-0.4, -0.2) is 18.3 Å². The second-order valence-corrected chi connectivity index (χ2v) is 5.51. The predicted octanol–water partition coefficient (Wildman–Crippen LogP) is 3.27. The first kappa shape index (κ1) is 14.4. The Kier molecular flexibility index (Phi) is 4.88. The molecule has 2 nitrogen and oxygen atoms in total. The summed E-state index contributed by atoms with van der Waals surface area (Å²) in [5.74, 6) is 0. The van der Waals surface area contributed by atoms with Gasteiger partial charge in [-0.3, -0.25) is 0 Å². The standard InChI is InChI=1S/C15H21F2NO/c16-14(17)13-5-3-4-12(8-13)9-18-10-15(11-19)6-1-2-7-15/h3-5,8,14,18-19H,1-2,6-7,9-11H2. The summed E-state index contributed by atoms with van der Waals surface area (Å²) in [5.41, 5.74) is 0.932. The molecular weight excluding hydrogens is 248 g/mol. The Morgan fingerprint density at radius 2 is 2.00 bits per heavy atom. The van der Waals surface area contributed by atoms with E-state index < -0.39 is 6.43 Å². The fraction of sp³-hybridized carbons (Fsp3) is 0.600. The number of alkyl halides is 2. The van der Waals surface area contributed by atoms with Crippen molar-refractivity contribution in [2.24, 2.45) is 5.41 Å². The lowest BCUT2D eigenvalue weighted by molar-refractivity contribution is 0.128. The first-order valence-electron chi connectivity index (χ1n) is 6.84. The van der Waals surface area contributed by atoms with Crippen molar-refractivity contribution in [2.45, 2.75) is 38.7 Å². The molecule has 0 spiro atoms. The highest BCUT2D eigenvalue weighted by Crippen LogP contribution is 2.36. The average molecular weight is 269 g/mol. The van der Waals surface area contributed by atoms with Crippen molar-refractivity contribution in [2.75, 3.05) is 13.2 Å². The number of halogens is 2. The number of hydrogen-bond acceptors (Lipinski definition) is 2. The van der Waals surface area contributed by atoms with Crippen LogP contribution in [0.5, 0.6) is 0 Å². The Balaban J connectivity index is 1.87. The van der Waals surface area contributed by atoms with Crippen LogP contribution < -0.4 is 5.32 Å². The van der Waals surface area contributed by atoms with Gasteiger partial charge in [-0.05, 0) is 24.5 Å². The molecule has 1 aromatic carbocycles. The van der Waals surface area contributed by atoms with Crippen LogP contribution >= 0.6 is 0 Å². The van der Waals surface area contributed by atoms with E-state index in [4.69, 9.17) is 0 Å². The zero-order chi connectivity index (χ0) is 13.7. The van der Waals surface area contributed by atoms with Crippen LogP contribution in [0.4, 0.5) is 8.78 Å². The lowest BCUT2D eigenvalue weighted by Gasteiger charge is -2.26. The van der Waals surface area contributed by atoms with Crippen molar-refractivity contribution in [3.63, 3.8) is 0 Å². The third-order valence-electron chi connectivity index (χ3n) is 4.03. The number of aliphatic hydroxyl groups excluding tert-OH is 1. The van der Waals surface area contributed by atoms with E-state index in [1.165, 1.54) is 25.0 Å². The number of benzene rings is 1. The van der Waals surface area contributed by atoms with E-state index in [-0.39, 0.29) is 17.6 Å². The third-order valence-corrected chi connectivity index (χ3v) is 4.03. The molecular formula is C15H21F2NO. The highest BCUT2D eigenvalue weighted by atomic mass is 19.3. The highest BCUT2D eigenvalue weighted by Gasteiger charge is 2.32. The van der Waals surface area contributed by atoms with E-state index >= 15 is 0 Å². The number of nitrogens with one attached hydrogen (secondary N) is 1. The van der Waals surface area contributed by atoms with Gasteiger partial charge < -0.3 is 10.4 Å². The molecule has 1 aliphatic rings. The quantitative estimate of drug-likeness (QED) is 0.830. The van der Waals surface area contributed by atoms with Gasteiger partial charge in [0, 0.05) is 30.7 Å². The van der Waals surface area contributed by atoms with Crippen LogP contribution in [0.1, 0.15) is 43.2 Å². The normalized spacial score (nSPS) is 18.1. The van der Waals surface area contributed by atoms with Gasteiger partial charge in [0.05, 0.1) is 0 Å². The van der Waals surface area contributed by atoms with Gasteiger partial charge >= 0.3 is 0 Å². The second-order valence-electron chi connectivity index (χ2n) is 5.51. The Morgan fingerprint density at radius 1 is 1.26 bits per heavy atom. The monoisotopic (exact) mass is 269 g/mol. The number of hydrogen-bond donors (Lipinski definition) is 2. The summed E-state index contributed by atoms with van der Waals surface area (Å²) >= 11 is 0. The van der Waals surface area contributed by atoms with Gasteiger partial charge in [0.25, 0.3) is 6.43 Å². The molecule has 0 bridgehead atoms. The Morgan fingerprint density at radius 3 is 2.63 bits per heavy atom. The van der Waals surface area contributed by atoms with Crippen LogP contribution in [0.15, 0.2) is 24.3 Å². The minimum atomic E-state index is -2.42. The zero-order valence-electron chi connectivity index (χ0n) is 11.0. The molecule has 0 atom stereocenters. The van der Waals surface area contributed by atoms with Gasteiger partial charge in [0.1, 0.15) is 0 Å². The molecule has 0 saturated heterocycles. The summed E-state index contributed by atoms with van der Waals surface area (Å²) in [6.07, 6.45) is 2.02. The van der Waals surface area contributed by atoms with Gasteiger partial charge in [-0.15, -0.1) is 0 Å². The van der Waals surface area contributed by atoms with Gasteiger partial charge in [-0.25, -0.2) is 8.78 Å². The first-order chi connectivity index (χ1) is 9.15. The lowest BCUT2D eigenvalue weighted by atomic mass is 9.87. The Bertz CT molecular complexity index is 403.